The normalized spacial score (nSPS) is 11.9. The Morgan fingerprint density at radius 1 is 0.304 bits per heavy atom. The SMILES string of the molecule is c1ccc(-c2nc(-c3ccccc3)c3oc4cc(-c5cccc(-c6cccc(-c7ccc8c(c7)c7cccc9oc%10cccc8c%10c97)c6)c5)ccc4c3n2)cc1. The number of benzene rings is 9. The lowest BCUT2D eigenvalue weighted by molar-refractivity contribution is 0.667. The summed E-state index contributed by atoms with van der Waals surface area (Å²) in [6.07, 6.45) is 0. The molecular formula is C52H30N2O2. The van der Waals surface area contributed by atoms with Crippen LogP contribution in [0.1, 0.15) is 0 Å². The molecule has 4 heteroatoms. The molecule has 0 aliphatic rings. The molecule has 0 saturated heterocycles. The number of furan rings is 2. The molecule has 0 unspecified atom stereocenters. The maximum absolute atomic E-state index is 6.63. The van der Waals surface area contributed by atoms with E-state index >= 15 is 0 Å². The molecule has 3 heterocycles. The molecule has 0 spiro atoms. The van der Waals surface area contributed by atoms with Crippen LogP contribution in [0.25, 0.3) is 122 Å². The second-order valence-electron chi connectivity index (χ2n) is 14.5. The fourth-order valence-corrected chi connectivity index (χ4v) is 8.58. The highest BCUT2D eigenvalue weighted by Crippen LogP contribution is 2.44. The molecule has 12 aromatic rings. The lowest BCUT2D eigenvalue weighted by atomic mass is 9.91. The molecular weight excluding hydrogens is 685 g/mol. The van der Waals surface area contributed by atoms with E-state index in [2.05, 4.69) is 133 Å². The first-order valence-electron chi connectivity index (χ1n) is 18.9. The van der Waals surface area contributed by atoms with Gasteiger partial charge in [-0.3, -0.25) is 0 Å². The van der Waals surface area contributed by atoms with Crippen molar-refractivity contribution in [2.45, 2.75) is 0 Å². The largest absolute Gasteiger partial charge is 0.456 e. The van der Waals surface area contributed by atoms with Gasteiger partial charge in [0.15, 0.2) is 11.4 Å². The van der Waals surface area contributed by atoms with Crippen LogP contribution in [0.2, 0.25) is 0 Å². The fraction of sp³-hybridized carbons (Fsp3) is 0. The maximum atomic E-state index is 6.63. The van der Waals surface area contributed by atoms with Gasteiger partial charge in [0.25, 0.3) is 0 Å². The van der Waals surface area contributed by atoms with Gasteiger partial charge in [-0.25, -0.2) is 9.97 Å². The molecule has 0 bridgehead atoms. The van der Waals surface area contributed by atoms with Gasteiger partial charge >= 0.3 is 0 Å². The lowest BCUT2D eigenvalue weighted by Gasteiger charge is -2.12. The molecule has 9 aromatic carbocycles. The average Bonchev–Trinajstić information content (AvgIpc) is 3.85. The standard InChI is InChI=1S/C52H30N2O2/c1-3-11-31(12-4-1)49-51-50(54-52(53-49)32-13-5-2-6-14-32)42-26-24-38(30-46(42)56-51)36-18-8-16-34(28-36)33-15-7-17-35(27-33)37-23-25-39-40-19-9-21-44-47(40)48-41(43(39)29-37)20-10-22-45(48)55-44/h1-30H. The van der Waals surface area contributed by atoms with E-state index in [-0.39, 0.29) is 0 Å². The average molecular weight is 715 g/mol. The summed E-state index contributed by atoms with van der Waals surface area (Å²) in [6.45, 7) is 0. The molecule has 0 fully saturated rings. The van der Waals surface area contributed by atoms with Crippen molar-refractivity contribution < 1.29 is 8.83 Å². The Labute approximate surface area is 321 Å². The summed E-state index contributed by atoms with van der Waals surface area (Å²) in [5.41, 5.74) is 13.8. The summed E-state index contributed by atoms with van der Waals surface area (Å²) < 4.78 is 12.9. The van der Waals surface area contributed by atoms with Crippen molar-refractivity contribution in [1.29, 1.82) is 0 Å². The van der Waals surface area contributed by atoms with E-state index in [9.17, 15) is 0 Å². The van der Waals surface area contributed by atoms with Crippen molar-refractivity contribution >= 4 is 65.6 Å². The van der Waals surface area contributed by atoms with Crippen molar-refractivity contribution in [2.24, 2.45) is 0 Å². The molecule has 0 aliphatic carbocycles. The van der Waals surface area contributed by atoms with E-state index in [4.69, 9.17) is 18.8 Å². The highest BCUT2D eigenvalue weighted by molar-refractivity contribution is 6.33. The third-order valence-corrected chi connectivity index (χ3v) is 11.2. The van der Waals surface area contributed by atoms with Gasteiger partial charge in [0, 0.05) is 27.3 Å². The van der Waals surface area contributed by atoms with Gasteiger partial charge in [-0.15, -0.1) is 0 Å². The minimum atomic E-state index is 0.677. The first kappa shape index (κ1) is 30.9. The van der Waals surface area contributed by atoms with E-state index in [1.54, 1.807) is 0 Å². The monoisotopic (exact) mass is 714 g/mol. The van der Waals surface area contributed by atoms with Crippen LogP contribution in [-0.4, -0.2) is 9.97 Å². The van der Waals surface area contributed by atoms with E-state index in [1.165, 1.54) is 43.4 Å². The lowest BCUT2D eigenvalue weighted by Crippen LogP contribution is -1.93. The van der Waals surface area contributed by atoms with Gasteiger partial charge in [-0.2, -0.15) is 0 Å². The Bertz CT molecular complexity index is 3470. The molecule has 0 radical (unpaired) electrons. The van der Waals surface area contributed by atoms with Crippen LogP contribution in [0.15, 0.2) is 191 Å². The van der Waals surface area contributed by atoms with Crippen molar-refractivity contribution in [3.8, 4) is 56.0 Å². The first-order chi connectivity index (χ1) is 27.7. The Kier molecular flexibility index (Phi) is 6.60. The van der Waals surface area contributed by atoms with Gasteiger partial charge in [0.1, 0.15) is 28.0 Å². The second kappa shape index (κ2) is 12.0. The Morgan fingerprint density at radius 2 is 0.821 bits per heavy atom. The predicted molar refractivity (Wildman–Crippen MR) is 230 cm³/mol. The number of hydrogen-bond donors (Lipinski definition) is 0. The van der Waals surface area contributed by atoms with Crippen LogP contribution in [0.5, 0.6) is 0 Å². The third kappa shape index (κ3) is 4.73. The summed E-state index contributed by atoms with van der Waals surface area (Å²) in [5, 5.41) is 8.31. The van der Waals surface area contributed by atoms with Crippen LogP contribution in [-0.2, 0) is 0 Å². The van der Waals surface area contributed by atoms with Crippen molar-refractivity contribution in [1.82, 2.24) is 9.97 Å². The summed E-state index contributed by atoms with van der Waals surface area (Å²) in [4.78, 5) is 10.1. The van der Waals surface area contributed by atoms with Crippen LogP contribution < -0.4 is 0 Å². The predicted octanol–water partition coefficient (Wildman–Crippen LogP) is 14.4. The maximum Gasteiger partial charge on any atom is 0.180 e. The molecule has 56 heavy (non-hydrogen) atoms. The van der Waals surface area contributed by atoms with E-state index in [0.29, 0.717) is 11.4 Å². The van der Waals surface area contributed by atoms with Gasteiger partial charge < -0.3 is 8.83 Å². The molecule has 4 nitrogen and oxygen atoms in total. The topological polar surface area (TPSA) is 52.1 Å². The minimum absolute atomic E-state index is 0.677. The summed E-state index contributed by atoms with van der Waals surface area (Å²) >= 11 is 0. The van der Waals surface area contributed by atoms with Crippen LogP contribution in [0, 0.1) is 0 Å². The van der Waals surface area contributed by atoms with E-state index < -0.39 is 0 Å². The minimum Gasteiger partial charge on any atom is -0.456 e. The quantitative estimate of drug-likeness (QED) is 0.167. The van der Waals surface area contributed by atoms with Crippen molar-refractivity contribution in [3.63, 3.8) is 0 Å². The molecule has 260 valence electrons. The van der Waals surface area contributed by atoms with E-state index in [0.717, 1.165) is 66.7 Å². The van der Waals surface area contributed by atoms with E-state index in [1.807, 2.05) is 48.5 Å². The van der Waals surface area contributed by atoms with Gasteiger partial charge in [0.05, 0.1) is 0 Å². The summed E-state index contributed by atoms with van der Waals surface area (Å²) in [6, 6.07) is 63.9. The molecule has 12 rings (SSSR count). The molecule has 0 N–H and O–H groups in total. The Balaban J connectivity index is 0.940. The summed E-state index contributed by atoms with van der Waals surface area (Å²) in [5.74, 6) is 0.677. The fourth-order valence-electron chi connectivity index (χ4n) is 8.58. The smallest absolute Gasteiger partial charge is 0.180 e. The zero-order valence-corrected chi connectivity index (χ0v) is 30.0. The van der Waals surface area contributed by atoms with Crippen molar-refractivity contribution in [3.05, 3.63) is 182 Å². The molecule has 0 atom stereocenters. The van der Waals surface area contributed by atoms with Gasteiger partial charge in [0.2, 0.25) is 0 Å². The number of nitrogens with zero attached hydrogens (tertiary/aromatic N) is 2. The highest BCUT2D eigenvalue weighted by atomic mass is 16.3. The Morgan fingerprint density at radius 3 is 1.46 bits per heavy atom. The van der Waals surface area contributed by atoms with Gasteiger partial charge in [-0.05, 0) is 97.4 Å². The first-order valence-corrected chi connectivity index (χ1v) is 18.9. The van der Waals surface area contributed by atoms with Crippen LogP contribution in [0.4, 0.5) is 0 Å². The van der Waals surface area contributed by atoms with Crippen molar-refractivity contribution in [2.75, 3.05) is 0 Å². The highest BCUT2D eigenvalue weighted by Gasteiger charge is 2.20. The number of rotatable bonds is 5. The second-order valence-corrected chi connectivity index (χ2v) is 14.5. The third-order valence-electron chi connectivity index (χ3n) is 11.2. The van der Waals surface area contributed by atoms with Crippen LogP contribution in [0.3, 0.4) is 0 Å². The Hall–Kier alpha value is -7.56. The zero-order valence-electron chi connectivity index (χ0n) is 30.0. The zero-order chi connectivity index (χ0) is 36.7. The molecule has 0 amide bonds. The molecule has 0 saturated carbocycles. The molecule has 0 aliphatic heterocycles. The number of aromatic nitrogens is 2. The van der Waals surface area contributed by atoms with Crippen LogP contribution >= 0.6 is 0 Å². The number of fused-ring (bicyclic) bond motifs is 6. The van der Waals surface area contributed by atoms with Gasteiger partial charge in [-0.1, -0.05) is 140 Å². The molecule has 3 aromatic heterocycles. The number of hydrogen-bond acceptors (Lipinski definition) is 4. The summed E-state index contributed by atoms with van der Waals surface area (Å²) in [7, 11) is 0.